The van der Waals surface area contributed by atoms with Gasteiger partial charge in [0, 0.05) is 12.8 Å². The number of aliphatic carboxylic acids is 1. The van der Waals surface area contributed by atoms with Crippen LogP contribution in [-0.4, -0.2) is 52.0 Å². The van der Waals surface area contributed by atoms with Crippen LogP contribution in [0.25, 0.3) is 0 Å². The quantitative estimate of drug-likeness (QED) is 0.713. The fourth-order valence-electron chi connectivity index (χ4n) is 4.22. The summed E-state index contributed by atoms with van der Waals surface area (Å²) < 4.78 is 11.0. The Bertz CT molecular complexity index is 382. The van der Waals surface area contributed by atoms with Crippen molar-refractivity contribution >= 4 is 5.97 Å². The molecular formula is C15H24O6. The van der Waals surface area contributed by atoms with Crippen molar-refractivity contribution in [1.29, 1.82) is 0 Å². The van der Waals surface area contributed by atoms with Crippen LogP contribution in [-0.2, 0) is 14.3 Å². The van der Waals surface area contributed by atoms with Gasteiger partial charge in [-0.2, -0.15) is 0 Å². The maximum absolute atomic E-state index is 11.0. The number of aliphatic hydroxyl groups excluding tert-OH is 1. The number of aliphatic hydroxyl groups is 2. The first-order valence-electron chi connectivity index (χ1n) is 7.89. The molecule has 0 aromatic heterocycles. The van der Waals surface area contributed by atoms with Gasteiger partial charge < -0.3 is 24.8 Å². The zero-order chi connectivity index (χ0) is 15.0. The first-order chi connectivity index (χ1) is 9.99. The summed E-state index contributed by atoms with van der Waals surface area (Å²) in [6.07, 6.45) is 3.13. The van der Waals surface area contributed by atoms with Crippen molar-refractivity contribution in [2.24, 2.45) is 11.8 Å². The SMILES string of the molecule is O=C(O)[C@@H]1C[C@H](O)C[C@H](OCC2(O)C3CCC[C@@H]2CC3)O1. The molecule has 3 aliphatic rings. The van der Waals surface area contributed by atoms with E-state index in [1.54, 1.807) is 0 Å². The first kappa shape index (κ1) is 15.2. The monoisotopic (exact) mass is 300 g/mol. The normalized spacial score (nSPS) is 46.5. The van der Waals surface area contributed by atoms with E-state index >= 15 is 0 Å². The highest BCUT2D eigenvalue weighted by molar-refractivity contribution is 5.72. The second kappa shape index (κ2) is 5.83. The number of carbonyl (C=O) groups is 1. The number of ether oxygens (including phenoxy) is 2. The van der Waals surface area contributed by atoms with Crippen LogP contribution in [0.2, 0.25) is 0 Å². The summed E-state index contributed by atoms with van der Waals surface area (Å²) in [6.45, 7) is 0.173. The lowest BCUT2D eigenvalue weighted by Gasteiger charge is -2.40. The second-order valence-electron chi connectivity index (χ2n) is 6.72. The molecule has 2 unspecified atom stereocenters. The topological polar surface area (TPSA) is 96.2 Å². The van der Waals surface area contributed by atoms with Crippen LogP contribution in [0.1, 0.15) is 44.9 Å². The Morgan fingerprint density at radius 3 is 2.48 bits per heavy atom. The van der Waals surface area contributed by atoms with Gasteiger partial charge in [0.1, 0.15) is 0 Å². The average molecular weight is 300 g/mol. The Balaban J connectivity index is 1.58. The molecule has 2 saturated carbocycles. The van der Waals surface area contributed by atoms with Gasteiger partial charge in [-0.3, -0.25) is 0 Å². The molecule has 3 N–H and O–H groups in total. The zero-order valence-electron chi connectivity index (χ0n) is 12.1. The van der Waals surface area contributed by atoms with E-state index in [9.17, 15) is 15.0 Å². The number of hydrogen-bond donors (Lipinski definition) is 3. The fraction of sp³-hybridized carbons (Fsp3) is 0.933. The average Bonchev–Trinajstić information content (AvgIpc) is 2.65. The lowest BCUT2D eigenvalue weighted by atomic mass is 9.75. The van der Waals surface area contributed by atoms with Crippen molar-refractivity contribution in [2.45, 2.75) is 69.0 Å². The summed E-state index contributed by atoms with van der Waals surface area (Å²) >= 11 is 0. The van der Waals surface area contributed by atoms with Crippen LogP contribution in [0, 0.1) is 11.8 Å². The van der Waals surface area contributed by atoms with Gasteiger partial charge in [-0.15, -0.1) is 0 Å². The fourth-order valence-corrected chi connectivity index (χ4v) is 4.22. The van der Waals surface area contributed by atoms with Crippen molar-refractivity contribution in [1.82, 2.24) is 0 Å². The molecule has 3 fully saturated rings. The number of fused-ring (bicyclic) bond motifs is 2. The maximum atomic E-state index is 11.0. The van der Waals surface area contributed by atoms with Crippen LogP contribution in [0.15, 0.2) is 0 Å². The van der Waals surface area contributed by atoms with E-state index in [0.717, 1.165) is 32.1 Å². The number of hydrogen-bond acceptors (Lipinski definition) is 5. The van der Waals surface area contributed by atoms with Gasteiger partial charge in [0.05, 0.1) is 18.3 Å². The molecule has 0 amide bonds. The molecule has 0 spiro atoms. The predicted octanol–water partition coefficient (Wildman–Crippen LogP) is 0.895. The number of carboxylic acids is 1. The maximum Gasteiger partial charge on any atom is 0.333 e. The summed E-state index contributed by atoms with van der Waals surface area (Å²) in [5, 5.41) is 29.6. The summed E-state index contributed by atoms with van der Waals surface area (Å²) in [5.74, 6) is -0.529. The highest BCUT2D eigenvalue weighted by Gasteiger charge is 2.51. The molecule has 3 rings (SSSR count). The van der Waals surface area contributed by atoms with Gasteiger partial charge in [0.15, 0.2) is 12.4 Å². The Labute approximate surface area is 124 Å². The van der Waals surface area contributed by atoms with Gasteiger partial charge in [0.25, 0.3) is 0 Å². The van der Waals surface area contributed by atoms with Crippen LogP contribution in [0.5, 0.6) is 0 Å². The molecule has 120 valence electrons. The van der Waals surface area contributed by atoms with Crippen LogP contribution < -0.4 is 0 Å². The van der Waals surface area contributed by atoms with Crippen molar-refractivity contribution in [3.8, 4) is 0 Å². The molecule has 2 bridgehead atoms. The van der Waals surface area contributed by atoms with E-state index in [2.05, 4.69) is 0 Å². The molecule has 6 heteroatoms. The molecule has 1 saturated heterocycles. The third kappa shape index (κ3) is 2.95. The van der Waals surface area contributed by atoms with Gasteiger partial charge in [-0.25, -0.2) is 4.79 Å². The van der Waals surface area contributed by atoms with Gasteiger partial charge in [-0.1, -0.05) is 6.42 Å². The van der Waals surface area contributed by atoms with E-state index in [4.69, 9.17) is 14.6 Å². The van der Waals surface area contributed by atoms with Gasteiger partial charge in [0.2, 0.25) is 0 Å². The molecule has 0 aromatic rings. The minimum Gasteiger partial charge on any atom is -0.479 e. The van der Waals surface area contributed by atoms with Crippen molar-refractivity contribution < 1.29 is 29.6 Å². The molecule has 21 heavy (non-hydrogen) atoms. The molecular weight excluding hydrogens is 276 g/mol. The lowest BCUT2D eigenvalue weighted by Crippen LogP contribution is -2.49. The lowest BCUT2D eigenvalue weighted by molar-refractivity contribution is -0.244. The highest BCUT2D eigenvalue weighted by Crippen LogP contribution is 2.49. The molecule has 1 aliphatic heterocycles. The van der Waals surface area contributed by atoms with Crippen molar-refractivity contribution in [2.75, 3.05) is 6.61 Å². The van der Waals surface area contributed by atoms with E-state index in [0.29, 0.717) is 0 Å². The van der Waals surface area contributed by atoms with Crippen LogP contribution in [0.4, 0.5) is 0 Å². The molecule has 6 atom stereocenters. The summed E-state index contributed by atoms with van der Waals surface area (Å²) in [4.78, 5) is 11.0. The minimum atomic E-state index is -1.08. The largest absolute Gasteiger partial charge is 0.479 e. The van der Waals surface area contributed by atoms with Crippen molar-refractivity contribution in [3.63, 3.8) is 0 Å². The first-order valence-corrected chi connectivity index (χ1v) is 7.89. The smallest absolute Gasteiger partial charge is 0.333 e. The second-order valence-corrected chi connectivity index (χ2v) is 6.72. The zero-order valence-corrected chi connectivity index (χ0v) is 12.1. The van der Waals surface area contributed by atoms with Gasteiger partial charge >= 0.3 is 5.97 Å². The Hall–Kier alpha value is -0.690. The van der Waals surface area contributed by atoms with E-state index < -0.39 is 30.1 Å². The Kier molecular flexibility index (Phi) is 4.23. The van der Waals surface area contributed by atoms with Crippen molar-refractivity contribution in [3.05, 3.63) is 0 Å². The third-order valence-corrected chi connectivity index (χ3v) is 5.43. The Morgan fingerprint density at radius 1 is 1.19 bits per heavy atom. The number of carboxylic acid groups (broad SMARTS) is 1. The Morgan fingerprint density at radius 2 is 1.86 bits per heavy atom. The van der Waals surface area contributed by atoms with E-state index in [-0.39, 0.29) is 31.3 Å². The standard InChI is InChI=1S/C15H24O6/c16-11-6-12(14(17)18)21-13(7-11)20-8-15(19)9-2-1-3-10(15)5-4-9/h9-13,16,19H,1-8H2,(H,17,18)/t9-,10?,11+,12+,13-,15?/m1/s1. The summed E-state index contributed by atoms with van der Waals surface area (Å²) in [7, 11) is 0. The molecule has 1 heterocycles. The van der Waals surface area contributed by atoms with Gasteiger partial charge in [-0.05, 0) is 37.5 Å². The molecule has 0 radical (unpaired) electrons. The highest BCUT2D eigenvalue weighted by atomic mass is 16.7. The van der Waals surface area contributed by atoms with Crippen LogP contribution in [0.3, 0.4) is 0 Å². The minimum absolute atomic E-state index is 0.0880. The third-order valence-electron chi connectivity index (χ3n) is 5.43. The predicted molar refractivity (Wildman–Crippen MR) is 72.5 cm³/mol. The molecule has 2 aliphatic carbocycles. The molecule has 6 nitrogen and oxygen atoms in total. The summed E-state index contributed by atoms with van der Waals surface area (Å²) in [6, 6.07) is 0. The number of rotatable bonds is 4. The van der Waals surface area contributed by atoms with Crippen LogP contribution >= 0.6 is 0 Å². The van der Waals surface area contributed by atoms with E-state index in [1.807, 2.05) is 0 Å². The van der Waals surface area contributed by atoms with E-state index in [1.165, 1.54) is 0 Å². The molecule has 0 aromatic carbocycles. The summed E-state index contributed by atoms with van der Waals surface area (Å²) in [5.41, 5.74) is -0.803.